The van der Waals surface area contributed by atoms with Gasteiger partial charge in [-0.3, -0.25) is 14.7 Å². The molecule has 0 amide bonds. The second-order valence-corrected chi connectivity index (χ2v) is 7.57. The van der Waals surface area contributed by atoms with Crippen molar-refractivity contribution in [3.63, 3.8) is 0 Å². The average Bonchev–Trinajstić information content (AvgIpc) is 3.13. The van der Waals surface area contributed by atoms with Crippen LogP contribution in [-0.2, 0) is 4.79 Å². The van der Waals surface area contributed by atoms with Crippen molar-refractivity contribution in [1.29, 1.82) is 0 Å². The third-order valence-electron chi connectivity index (χ3n) is 5.07. The maximum absolute atomic E-state index is 11.8. The van der Waals surface area contributed by atoms with E-state index in [0.29, 0.717) is 23.0 Å². The molecule has 1 saturated heterocycles. The number of fused-ring (bicyclic) bond motifs is 1. The highest BCUT2D eigenvalue weighted by Crippen LogP contribution is 2.38. The van der Waals surface area contributed by atoms with Crippen molar-refractivity contribution in [2.45, 2.75) is 24.9 Å². The van der Waals surface area contributed by atoms with E-state index in [-0.39, 0.29) is 6.04 Å². The van der Waals surface area contributed by atoms with Gasteiger partial charge in [0.25, 0.3) is 0 Å². The summed E-state index contributed by atoms with van der Waals surface area (Å²) >= 11 is 12.6. The van der Waals surface area contributed by atoms with Gasteiger partial charge in [-0.1, -0.05) is 53.5 Å². The minimum absolute atomic E-state index is 0.344. The number of carbonyl (C=O) groups is 1. The van der Waals surface area contributed by atoms with Gasteiger partial charge in [-0.2, -0.15) is 0 Å². The molecular formula is C21H18Cl2N2O2. The molecule has 27 heavy (non-hydrogen) atoms. The Hall–Kier alpha value is -2.14. The molecule has 0 aliphatic carbocycles. The molecule has 138 valence electrons. The first-order valence-electron chi connectivity index (χ1n) is 8.84. The van der Waals surface area contributed by atoms with Crippen molar-refractivity contribution in [3.8, 4) is 0 Å². The summed E-state index contributed by atoms with van der Waals surface area (Å²) in [5.41, 5.74) is 2.47. The Kier molecular flexibility index (Phi) is 5.04. The fraction of sp³-hybridized carbons (Fsp3) is 0.238. The number of rotatable bonds is 4. The van der Waals surface area contributed by atoms with E-state index in [4.69, 9.17) is 28.2 Å². The summed E-state index contributed by atoms with van der Waals surface area (Å²) in [5.74, 6) is -0.816. The fourth-order valence-electron chi connectivity index (χ4n) is 3.83. The summed E-state index contributed by atoms with van der Waals surface area (Å²) in [6.07, 6.45) is 1.44. The van der Waals surface area contributed by atoms with Crippen LogP contribution < -0.4 is 0 Å². The Balaban J connectivity index is 1.87. The topological polar surface area (TPSA) is 53.4 Å². The monoisotopic (exact) mass is 400 g/mol. The summed E-state index contributed by atoms with van der Waals surface area (Å²) in [4.78, 5) is 18.6. The summed E-state index contributed by atoms with van der Waals surface area (Å²) < 4.78 is 0. The van der Waals surface area contributed by atoms with Crippen LogP contribution >= 0.6 is 23.2 Å². The van der Waals surface area contributed by atoms with Gasteiger partial charge in [-0.15, -0.1) is 0 Å². The zero-order chi connectivity index (χ0) is 19.0. The van der Waals surface area contributed by atoms with E-state index >= 15 is 0 Å². The van der Waals surface area contributed by atoms with Crippen LogP contribution in [0, 0.1) is 0 Å². The Labute approximate surface area is 167 Å². The lowest BCUT2D eigenvalue weighted by atomic mass is 9.99. The number of carboxylic acid groups (broad SMARTS) is 1. The van der Waals surface area contributed by atoms with Gasteiger partial charge in [-0.25, -0.2) is 0 Å². The number of pyridine rings is 1. The molecule has 1 aliphatic heterocycles. The number of carboxylic acids is 1. The highest BCUT2D eigenvalue weighted by Gasteiger charge is 2.38. The first-order chi connectivity index (χ1) is 13.0. The van der Waals surface area contributed by atoms with E-state index < -0.39 is 12.0 Å². The second kappa shape index (κ2) is 7.47. The van der Waals surface area contributed by atoms with Crippen LogP contribution in [0.15, 0.2) is 54.6 Å². The van der Waals surface area contributed by atoms with Gasteiger partial charge in [0, 0.05) is 22.0 Å². The lowest BCUT2D eigenvalue weighted by Crippen LogP contribution is -2.39. The molecule has 2 heterocycles. The molecule has 6 heteroatoms. The Morgan fingerprint density at radius 2 is 1.96 bits per heavy atom. The zero-order valence-electron chi connectivity index (χ0n) is 14.5. The number of aromatic nitrogens is 1. The lowest BCUT2D eigenvalue weighted by Gasteiger charge is -2.32. The number of hydrogen-bond acceptors (Lipinski definition) is 3. The van der Waals surface area contributed by atoms with Crippen molar-refractivity contribution in [2.75, 3.05) is 6.54 Å². The molecule has 1 aliphatic rings. The fourth-order valence-corrected chi connectivity index (χ4v) is 4.34. The molecule has 2 aromatic carbocycles. The van der Waals surface area contributed by atoms with Crippen LogP contribution in [-0.4, -0.2) is 33.5 Å². The van der Waals surface area contributed by atoms with Crippen molar-refractivity contribution < 1.29 is 9.90 Å². The smallest absolute Gasteiger partial charge is 0.320 e. The summed E-state index contributed by atoms with van der Waals surface area (Å²) in [7, 11) is 0. The summed E-state index contributed by atoms with van der Waals surface area (Å²) in [6.45, 7) is 0.676. The van der Waals surface area contributed by atoms with Gasteiger partial charge < -0.3 is 5.11 Å². The van der Waals surface area contributed by atoms with Gasteiger partial charge in [0.15, 0.2) is 0 Å². The van der Waals surface area contributed by atoms with Crippen LogP contribution in [0.3, 0.4) is 0 Å². The van der Waals surface area contributed by atoms with Crippen molar-refractivity contribution in [2.24, 2.45) is 0 Å². The first-order valence-corrected chi connectivity index (χ1v) is 9.59. The molecule has 3 aromatic rings. The van der Waals surface area contributed by atoms with Gasteiger partial charge >= 0.3 is 5.97 Å². The molecular weight excluding hydrogens is 383 g/mol. The predicted molar refractivity (Wildman–Crippen MR) is 107 cm³/mol. The third kappa shape index (κ3) is 3.53. The Morgan fingerprint density at radius 3 is 2.74 bits per heavy atom. The molecule has 4 nitrogen and oxygen atoms in total. The minimum Gasteiger partial charge on any atom is -0.480 e. The lowest BCUT2D eigenvalue weighted by molar-refractivity contribution is -0.142. The normalized spacial score (nSPS) is 18.7. The standard InChI is InChI=1S/C21H18Cl2N2O2/c22-14-8-9-15(16(23)12-14)20(25-11-3-6-19(25)21(26)27)18-10-7-13-4-1-2-5-17(13)24-18/h1-2,4-5,7-10,12,19-20H,3,6,11H2,(H,26,27). The van der Waals surface area contributed by atoms with Crippen molar-refractivity contribution in [1.82, 2.24) is 9.88 Å². The summed E-state index contributed by atoms with van der Waals surface area (Å²) in [6, 6.07) is 16.3. The minimum atomic E-state index is -0.816. The quantitative estimate of drug-likeness (QED) is 0.655. The third-order valence-corrected chi connectivity index (χ3v) is 5.63. The number of hydrogen-bond donors (Lipinski definition) is 1. The van der Waals surface area contributed by atoms with Gasteiger partial charge in [0.2, 0.25) is 0 Å². The van der Waals surface area contributed by atoms with Crippen LogP contribution in [0.1, 0.15) is 30.1 Å². The molecule has 4 rings (SSSR count). The highest BCUT2D eigenvalue weighted by atomic mass is 35.5. The molecule has 0 saturated carbocycles. The van der Waals surface area contributed by atoms with E-state index in [1.807, 2.05) is 47.4 Å². The van der Waals surface area contributed by atoms with Gasteiger partial charge in [0.1, 0.15) is 6.04 Å². The van der Waals surface area contributed by atoms with E-state index in [2.05, 4.69) is 0 Å². The van der Waals surface area contributed by atoms with Crippen LogP contribution in [0.4, 0.5) is 0 Å². The molecule has 1 N–H and O–H groups in total. The maximum Gasteiger partial charge on any atom is 0.320 e. The first kappa shape index (κ1) is 18.2. The van der Waals surface area contributed by atoms with Crippen LogP contribution in [0.5, 0.6) is 0 Å². The number of para-hydroxylation sites is 1. The predicted octanol–water partition coefficient (Wildman–Crippen LogP) is 5.18. The van der Waals surface area contributed by atoms with Gasteiger partial charge in [0.05, 0.1) is 17.3 Å². The number of benzene rings is 2. The van der Waals surface area contributed by atoms with Crippen LogP contribution in [0.25, 0.3) is 10.9 Å². The molecule has 0 radical (unpaired) electrons. The molecule has 2 atom stereocenters. The molecule has 0 bridgehead atoms. The van der Waals surface area contributed by atoms with Crippen molar-refractivity contribution >= 4 is 40.1 Å². The molecule has 2 unspecified atom stereocenters. The van der Waals surface area contributed by atoms with E-state index in [9.17, 15) is 9.90 Å². The van der Waals surface area contributed by atoms with E-state index in [1.165, 1.54) is 0 Å². The summed E-state index contributed by atoms with van der Waals surface area (Å²) in [5, 5.41) is 11.8. The number of halogens is 2. The largest absolute Gasteiger partial charge is 0.480 e. The SMILES string of the molecule is O=C(O)C1CCCN1C(c1ccc2ccccc2n1)c1ccc(Cl)cc1Cl. The Bertz CT molecular complexity index is 1010. The zero-order valence-corrected chi connectivity index (χ0v) is 16.0. The molecule has 1 fully saturated rings. The van der Waals surface area contributed by atoms with Crippen molar-refractivity contribution in [3.05, 3.63) is 75.9 Å². The van der Waals surface area contributed by atoms with E-state index in [1.54, 1.807) is 12.1 Å². The molecule has 1 aromatic heterocycles. The number of aliphatic carboxylic acids is 1. The van der Waals surface area contributed by atoms with Crippen LogP contribution in [0.2, 0.25) is 10.0 Å². The highest BCUT2D eigenvalue weighted by molar-refractivity contribution is 6.35. The van der Waals surface area contributed by atoms with Gasteiger partial charge in [-0.05, 0) is 42.7 Å². The maximum atomic E-state index is 11.8. The average molecular weight is 401 g/mol. The number of likely N-dealkylation sites (tertiary alicyclic amines) is 1. The van der Waals surface area contributed by atoms with E-state index in [0.717, 1.165) is 28.6 Å². The Morgan fingerprint density at radius 1 is 1.15 bits per heavy atom. The number of nitrogens with zero attached hydrogens (tertiary/aromatic N) is 2. The molecule has 0 spiro atoms. The second-order valence-electron chi connectivity index (χ2n) is 6.73.